The maximum atomic E-state index is 12.5. The van der Waals surface area contributed by atoms with Crippen molar-refractivity contribution in [2.45, 2.75) is 26.2 Å². The number of amides is 1. The van der Waals surface area contributed by atoms with E-state index in [1.54, 1.807) is 16.0 Å². The SMILES string of the molecule is CCOc1ccc2nc(-n3nc(C)c4c3NC(=O)C[C@@H]4c3cc(Br)cs3)sc2c1. The molecule has 4 heterocycles. The zero-order valence-corrected chi connectivity index (χ0v) is 18.9. The van der Waals surface area contributed by atoms with E-state index in [0.29, 0.717) is 13.0 Å². The highest BCUT2D eigenvalue weighted by molar-refractivity contribution is 9.10. The number of halogens is 1. The number of thiazole rings is 1. The van der Waals surface area contributed by atoms with Crippen LogP contribution < -0.4 is 10.1 Å². The molecule has 29 heavy (non-hydrogen) atoms. The summed E-state index contributed by atoms with van der Waals surface area (Å²) < 4.78 is 9.42. The molecule has 0 unspecified atom stereocenters. The van der Waals surface area contributed by atoms with Crippen molar-refractivity contribution in [1.82, 2.24) is 14.8 Å². The van der Waals surface area contributed by atoms with Crippen LogP contribution in [0.3, 0.4) is 0 Å². The zero-order valence-electron chi connectivity index (χ0n) is 15.7. The van der Waals surface area contributed by atoms with Crippen molar-refractivity contribution in [2.75, 3.05) is 11.9 Å². The van der Waals surface area contributed by atoms with Crippen LogP contribution in [-0.4, -0.2) is 27.3 Å². The first-order valence-electron chi connectivity index (χ1n) is 9.20. The Hall–Kier alpha value is -2.23. The minimum Gasteiger partial charge on any atom is -0.494 e. The van der Waals surface area contributed by atoms with Gasteiger partial charge in [-0.3, -0.25) is 4.79 Å². The van der Waals surface area contributed by atoms with E-state index in [1.165, 1.54) is 11.3 Å². The first kappa shape index (κ1) is 18.8. The van der Waals surface area contributed by atoms with Gasteiger partial charge in [-0.05, 0) is 54.0 Å². The van der Waals surface area contributed by atoms with Crippen LogP contribution in [0.15, 0.2) is 34.1 Å². The van der Waals surface area contributed by atoms with E-state index in [4.69, 9.17) is 14.8 Å². The summed E-state index contributed by atoms with van der Waals surface area (Å²) in [5.41, 5.74) is 2.85. The molecule has 1 aliphatic rings. The molecule has 1 aromatic carbocycles. The number of hydrogen-bond donors (Lipinski definition) is 1. The first-order chi connectivity index (χ1) is 14.0. The Morgan fingerprint density at radius 2 is 2.24 bits per heavy atom. The number of ether oxygens (including phenoxy) is 1. The van der Waals surface area contributed by atoms with Crippen LogP contribution in [0, 0.1) is 6.92 Å². The predicted octanol–water partition coefficient (Wildman–Crippen LogP) is 5.49. The van der Waals surface area contributed by atoms with Gasteiger partial charge in [0.15, 0.2) is 0 Å². The van der Waals surface area contributed by atoms with E-state index in [2.05, 4.69) is 27.3 Å². The summed E-state index contributed by atoms with van der Waals surface area (Å²) in [6.07, 6.45) is 0.421. The Balaban J connectivity index is 1.62. The van der Waals surface area contributed by atoms with Crippen LogP contribution in [0.5, 0.6) is 5.75 Å². The van der Waals surface area contributed by atoms with E-state index in [9.17, 15) is 4.79 Å². The molecule has 1 N–H and O–H groups in total. The van der Waals surface area contributed by atoms with Gasteiger partial charge in [0.2, 0.25) is 11.0 Å². The van der Waals surface area contributed by atoms with Gasteiger partial charge >= 0.3 is 0 Å². The molecule has 0 saturated carbocycles. The molecular weight excluding hydrogens is 472 g/mol. The van der Waals surface area contributed by atoms with Crippen LogP contribution >= 0.6 is 38.6 Å². The van der Waals surface area contributed by atoms with Crippen molar-refractivity contribution in [3.8, 4) is 10.9 Å². The fraction of sp³-hybridized carbons (Fsp3) is 0.250. The smallest absolute Gasteiger partial charge is 0.226 e. The van der Waals surface area contributed by atoms with Gasteiger partial charge in [-0.15, -0.1) is 11.3 Å². The van der Waals surface area contributed by atoms with Crippen molar-refractivity contribution in [2.24, 2.45) is 0 Å². The molecule has 9 heteroatoms. The zero-order chi connectivity index (χ0) is 20.1. The molecule has 6 nitrogen and oxygen atoms in total. The number of carbonyl (C=O) groups is 1. The lowest BCUT2D eigenvalue weighted by Crippen LogP contribution is -2.24. The third kappa shape index (κ3) is 3.27. The molecule has 3 aromatic heterocycles. The fourth-order valence-corrected chi connectivity index (χ4v) is 6.19. The number of fused-ring (bicyclic) bond motifs is 2. The molecule has 0 spiro atoms. The highest BCUT2D eigenvalue weighted by Crippen LogP contribution is 2.43. The summed E-state index contributed by atoms with van der Waals surface area (Å²) in [6.45, 7) is 4.57. The largest absolute Gasteiger partial charge is 0.494 e. The summed E-state index contributed by atoms with van der Waals surface area (Å²) in [7, 11) is 0. The summed E-state index contributed by atoms with van der Waals surface area (Å²) in [6, 6.07) is 7.95. The van der Waals surface area contributed by atoms with Crippen molar-refractivity contribution >= 4 is 60.5 Å². The van der Waals surface area contributed by atoms with Crippen molar-refractivity contribution < 1.29 is 9.53 Å². The van der Waals surface area contributed by atoms with Crippen molar-refractivity contribution in [1.29, 1.82) is 0 Å². The van der Waals surface area contributed by atoms with Crippen molar-refractivity contribution in [3.05, 3.63) is 50.3 Å². The quantitative estimate of drug-likeness (QED) is 0.412. The Bertz CT molecular complexity index is 1240. The van der Waals surface area contributed by atoms with E-state index >= 15 is 0 Å². The number of rotatable bonds is 4. The number of nitrogens with zero attached hydrogens (tertiary/aromatic N) is 3. The maximum absolute atomic E-state index is 12.5. The molecule has 0 fully saturated rings. The lowest BCUT2D eigenvalue weighted by Gasteiger charge is -2.22. The predicted molar refractivity (Wildman–Crippen MR) is 120 cm³/mol. The number of anilines is 1. The average Bonchev–Trinajstić information content (AvgIpc) is 3.38. The second-order valence-electron chi connectivity index (χ2n) is 6.79. The van der Waals surface area contributed by atoms with Gasteiger partial charge in [0, 0.05) is 32.6 Å². The Morgan fingerprint density at radius 3 is 3.00 bits per heavy atom. The van der Waals surface area contributed by atoms with Crippen LogP contribution in [0.2, 0.25) is 0 Å². The minimum atomic E-state index is -0.00656. The van der Waals surface area contributed by atoms with Gasteiger partial charge in [0.05, 0.1) is 22.5 Å². The van der Waals surface area contributed by atoms with Crippen molar-refractivity contribution in [3.63, 3.8) is 0 Å². The molecule has 4 aromatic rings. The second kappa shape index (κ2) is 7.23. The number of thiophene rings is 1. The molecule has 0 aliphatic carbocycles. The van der Waals surface area contributed by atoms with Gasteiger partial charge in [0.25, 0.3) is 0 Å². The summed E-state index contributed by atoms with van der Waals surface area (Å²) in [5.74, 6) is 1.54. The van der Waals surface area contributed by atoms with Gasteiger partial charge < -0.3 is 10.1 Å². The number of benzene rings is 1. The molecule has 5 rings (SSSR count). The third-order valence-corrected chi connectivity index (χ3v) is 7.68. The Morgan fingerprint density at radius 1 is 1.38 bits per heavy atom. The molecular formula is C20H17BrN4O2S2. The molecule has 148 valence electrons. The number of carbonyl (C=O) groups excluding carboxylic acids is 1. The standard InChI is InChI=1S/C20H17BrN4O2S2/c1-3-27-12-4-5-14-16(7-12)29-20(22-14)25-19-18(10(2)24-25)13(8-17(26)23-19)15-6-11(21)9-28-15/h4-7,9,13H,3,8H2,1-2H3,(H,23,26)/t13-/m1/s1. The summed E-state index contributed by atoms with van der Waals surface area (Å²) in [5, 5.41) is 10.5. The monoisotopic (exact) mass is 488 g/mol. The summed E-state index contributed by atoms with van der Waals surface area (Å²) >= 11 is 6.71. The highest BCUT2D eigenvalue weighted by Gasteiger charge is 2.34. The Labute approximate surface area is 183 Å². The lowest BCUT2D eigenvalue weighted by molar-refractivity contribution is -0.116. The second-order valence-corrected chi connectivity index (χ2v) is 9.66. The van der Waals surface area contributed by atoms with Gasteiger partial charge in [-0.2, -0.15) is 9.78 Å². The van der Waals surface area contributed by atoms with E-state index in [0.717, 1.165) is 47.5 Å². The minimum absolute atomic E-state index is 0.00253. The van der Waals surface area contributed by atoms with Crippen LogP contribution in [0.1, 0.15) is 35.4 Å². The molecule has 1 aliphatic heterocycles. The van der Waals surface area contributed by atoms with E-state index in [1.807, 2.05) is 37.4 Å². The molecule has 0 saturated heterocycles. The first-order valence-corrected chi connectivity index (χ1v) is 11.7. The maximum Gasteiger partial charge on any atom is 0.226 e. The van der Waals surface area contributed by atoms with Gasteiger partial charge in [-0.1, -0.05) is 11.3 Å². The molecule has 1 amide bonds. The third-order valence-electron chi connectivity index (χ3n) is 4.87. The highest BCUT2D eigenvalue weighted by atomic mass is 79.9. The van der Waals surface area contributed by atoms with Gasteiger partial charge in [0.1, 0.15) is 11.6 Å². The van der Waals surface area contributed by atoms with Crippen LogP contribution in [-0.2, 0) is 4.79 Å². The molecule has 0 radical (unpaired) electrons. The van der Waals surface area contributed by atoms with Crippen LogP contribution in [0.4, 0.5) is 5.82 Å². The van der Waals surface area contributed by atoms with E-state index < -0.39 is 0 Å². The number of aryl methyl sites for hydroxylation is 1. The fourth-order valence-electron chi connectivity index (χ4n) is 3.68. The molecule has 0 bridgehead atoms. The molecule has 1 atom stereocenters. The van der Waals surface area contributed by atoms with Crippen LogP contribution in [0.25, 0.3) is 15.3 Å². The average molecular weight is 489 g/mol. The number of aromatic nitrogens is 3. The topological polar surface area (TPSA) is 69.0 Å². The lowest BCUT2D eigenvalue weighted by atomic mass is 9.91. The summed E-state index contributed by atoms with van der Waals surface area (Å²) in [4.78, 5) is 18.4. The van der Waals surface area contributed by atoms with E-state index in [-0.39, 0.29) is 11.8 Å². The number of hydrogen-bond acceptors (Lipinski definition) is 6. The number of nitrogens with one attached hydrogen (secondary N) is 1. The Kier molecular flexibility index (Phi) is 4.68. The van der Waals surface area contributed by atoms with Gasteiger partial charge in [-0.25, -0.2) is 4.98 Å². The normalized spacial score (nSPS) is 16.1.